The van der Waals surface area contributed by atoms with E-state index >= 15 is 0 Å². The SMILES string of the molecule is COc1cccc(-c2nnc(SCC(=O)Nc3cc(C)ccc3C)n2N)c1. The second-order valence-electron chi connectivity index (χ2n) is 6.06. The van der Waals surface area contributed by atoms with E-state index in [-0.39, 0.29) is 11.7 Å². The average Bonchev–Trinajstić information content (AvgIpc) is 3.03. The molecule has 3 aromatic rings. The van der Waals surface area contributed by atoms with E-state index in [1.54, 1.807) is 7.11 Å². The minimum atomic E-state index is -0.125. The standard InChI is InChI=1S/C19H21N5O2S/c1-12-7-8-13(2)16(9-12)21-17(25)11-27-19-23-22-18(24(19)20)14-5-4-6-15(10-14)26-3/h4-10H,11,20H2,1-3H3,(H,21,25). The lowest BCUT2D eigenvalue weighted by Gasteiger charge is -2.09. The maximum Gasteiger partial charge on any atom is 0.234 e. The van der Waals surface area contributed by atoms with Crippen LogP contribution in [0.25, 0.3) is 11.4 Å². The molecule has 0 unspecified atom stereocenters. The number of nitrogens with two attached hydrogens (primary N) is 1. The molecule has 0 aliphatic heterocycles. The zero-order valence-electron chi connectivity index (χ0n) is 15.4. The molecule has 0 fully saturated rings. The molecule has 0 aliphatic carbocycles. The van der Waals surface area contributed by atoms with E-state index in [2.05, 4.69) is 15.5 Å². The van der Waals surface area contributed by atoms with E-state index in [1.165, 1.54) is 16.4 Å². The Balaban J connectivity index is 1.67. The number of aromatic nitrogens is 3. The molecule has 0 atom stereocenters. The van der Waals surface area contributed by atoms with Gasteiger partial charge in [0.05, 0.1) is 12.9 Å². The Morgan fingerprint density at radius 2 is 2.04 bits per heavy atom. The number of amides is 1. The van der Waals surface area contributed by atoms with Gasteiger partial charge in [-0.3, -0.25) is 4.79 Å². The highest BCUT2D eigenvalue weighted by atomic mass is 32.2. The third-order valence-electron chi connectivity index (χ3n) is 3.99. The third-order valence-corrected chi connectivity index (χ3v) is 4.94. The first-order chi connectivity index (χ1) is 13.0. The summed E-state index contributed by atoms with van der Waals surface area (Å²) in [5.74, 6) is 7.38. The first-order valence-electron chi connectivity index (χ1n) is 8.32. The second kappa shape index (κ2) is 8.13. The first-order valence-corrected chi connectivity index (χ1v) is 9.31. The van der Waals surface area contributed by atoms with Gasteiger partial charge in [-0.15, -0.1) is 10.2 Å². The van der Waals surface area contributed by atoms with E-state index in [4.69, 9.17) is 10.6 Å². The van der Waals surface area contributed by atoms with Gasteiger partial charge in [-0.05, 0) is 43.2 Å². The van der Waals surface area contributed by atoms with Crippen LogP contribution in [-0.2, 0) is 4.79 Å². The smallest absolute Gasteiger partial charge is 0.234 e. The number of aryl methyl sites for hydroxylation is 2. The number of hydrogen-bond donors (Lipinski definition) is 2. The van der Waals surface area contributed by atoms with Crippen LogP contribution in [0.1, 0.15) is 11.1 Å². The maximum atomic E-state index is 12.3. The predicted molar refractivity (Wildman–Crippen MR) is 107 cm³/mol. The highest BCUT2D eigenvalue weighted by Gasteiger charge is 2.14. The molecule has 2 aromatic carbocycles. The third kappa shape index (κ3) is 4.40. The van der Waals surface area contributed by atoms with E-state index in [0.717, 1.165) is 22.4 Å². The lowest BCUT2D eigenvalue weighted by Crippen LogP contribution is -2.17. The highest BCUT2D eigenvalue weighted by Crippen LogP contribution is 2.25. The van der Waals surface area contributed by atoms with Crippen molar-refractivity contribution < 1.29 is 9.53 Å². The Morgan fingerprint density at radius 1 is 1.22 bits per heavy atom. The van der Waals surface area contributed by atoms with Crippen molar-refractivity contribution in [2.75, 3.05) is 24.0 Å². The van der Waals surface area contributed by atoms with Crippen molar-refractivity contribution in [1.29, 1.82) is 0 Å². The lowest BCUT2D eigenvalue weighted by atomic mass is 10.1. The molecule has 8 heteroatoms. The van der Waals surface area contributed by atoms with Crippen molar-refractivity contribution in [3.8, 4) is 17.1 Å². The van der Waals surface area contributed by atoms with Crippen LogP contribution in [0.4, 0.5) is 5.69 Å². The molecule has 27 heavy (non-hydrogen) atoms. The summed E-state index contributed by atoms with van der Waals surface area (Å²) in [5.41, 5.74) is 3.71. The summed E-state index contributed by atoms with van der Waals surface area (Å²) in [4.78, 5) is 12.3. The van der Waals surface area contributed by atoms with Crippen molar-refractivity contribution in [3.05, 3.63) is 53.6 Å². The largest absolute Gasteiger partial charge is 0.497 e. The van der Waals surface area contributed by atoms with Crippen LogP contribution in [0.5, 0.6) is 5.75 Å². The van der Waals surface area contributed by atoms with Gasteiger partial charge in [0.25, 0.3) is 0 Å². The molecule has 1 heterocycles. The highest BCUT2D eigenvalue weighted by molar-refractivity contribution is 7.99. The van der Waals surface area contributed by atoms with Crippen LogP contribution in [0.15, 0.2) is 47.6 Å². The van der Waals surface area contributed by atoms with Crippen molar-refractivity contribution in [1.82, 2.24) is 14.9 Å². The molecule has 3 rings (SSSR count). The molecule has 0 saturated carbocycles. The van der Waals surface area contributed by atoms with Gasteiger partial charge in [-0.25, -0.2) is 4.68 Å². The fraction of sp³-hybridized carbons (Fsp3) is 0.211. The number of rotatable bonds is 6. The topological polar surface area (TPSA) is 95.1 Å². The Hall–Kier alpha value is -3.00. The van der Waals surface area contributed by atoms with E-state index in [0.29, 0.717) is 16.7 Å². The summed E-state index contributed by atoms with van der Waals surface area (Å²) in [6, 6.07) is 13.3. The molecular weight excluding hydrogens is 362 g/mol. The molecule has 0 bridgehead atoms. The minimum absolute atomic E-state index is 0.125. The minimum Gasteiger partial charge on any atom is -0.497 e. The number of methoxy groups -OCH3 is 1. The monoisotopic (exact) mass is 383 g/mol. The molecule has 0 aliphatic rings. The van der Waals surface area contributed by atoms with Gasteiger partial charge in [0.15, 0.2) is 5.82 Å². The van der Waals surface area contributed by atoms with Crippen LogP contribution in [0, 0.1) is 13.8 Å². The van der Waals surface area contributed by atoms with Crippen molar-refractivity contribution in [2.24, 2.45) is 0 Å². The van der Waals surface area contributed by atoms with Gasteiger partial charge >= 0.3 is 0 Å². The quantitative estimate of drug-likeness (QED) is 0.502. The number of benzene rings is 2. The first kappa shape index (κ1) is 18.8. The Morgan fingerprint density at radius 3 is 2.81 bits per heavy atom. The molecule has 0 radical (unpaired) electrons. The second-order valence-corrected chi connectivity index (χ2v) is 7.01. The number of carbonyl (C=O) groups excluding carboxylic acids is 1. The summed E-state index contributed by atoms with van der Waals surface area (Å²) >= 11 is 1.23. The van der Waals surface area contributed by atoms with Gasteiger partial charge in [0.1, 0.15) is 5.75 Å². The number of nitrogens with zero attached hydrogens (tertiary/aromatic N) is 3. The van der Waals surface area contributed by atoms with Crippen LogP contribution in [-0.4, -0.2) is 33.6 Å². The van der Waals surface area contributed by atoms with Crippen molar-refractivity contribution in [3.63, 3.8) is 0 Å². The number of ether oxygens (including phenoxy) is 1. The Labute approximate surface area is 161 Å². The average molecular weight is 383 g/mol. The fourth-order valence-electron chi connectivity index (χ4n) is 2.52. The normalized spacial score (nSPS) is 10.6. The molecule has 140 valence electrons. The summed E-state index contributed by atoms with van der Waals surface area (Å²) in [6.45, 7) is 3.94. The van der Waals surface area contributed by atoms with Crippen LogP contribution in [0.3, 0.4) is 0 Å². The predicted octanol–water partition coefficient (Wildman–Crippen LogP) is 3.02. The molecule has 1 amide bonds. The Bertz CT molecular complexity index is 970. The number of carbonyl (C=O) groups is 1. The zero-order chi connectivity index (χ0) is 19.4. The van der Waals surface area contributed by atoms with Crippen molar-refractivity contribution in [2.45, 2.75) is 19.0 Å². The number of nitrogens with one attached hydrogen (secondary N) is 1. The van der Waals surface area contributed by atoms with Crippen LogP contribution >= 0.6 is 11.8 Å². The molecule has 7 nitrogen and oxygen atoms in total. The lowest BCUT2D eigenvalue weighted by molar-refractivity contribution is -0.113. The summed E-state index contributed by atoms with van der Waals surface area (Å²) < 4.78 is 6.60. The number of anilines is 1. The molecule has 1 aromatic heterocycles. The van der Waals surface area contributed by atoms with E-state index < -0.39 is 0 Å². The summed E-state index contributed by atoms with van der Waals surface area (Å²) in [6.07, 6.45) is 0. The van der Waals surface area contributed by atoms with E-state index in [1.807, 2.05) is 56.3 Å². The van der Waals surface area contributed by atoms with Crippen molar-refractivity contribution >= 4 is 23.4 Å². The maximum absolute atomic E-state index is 12.3. The molecule has 0 saturated heterocycles. The number of hydrogen-bond acceptors (Lipinski definition) is 6. The van der Waals surface area contributed by atoms with Gasteiger partial charge < -0.3 is 15.9 Å². The van der Waals surface area contributed by atoms with Crippen LogP contribution in [0.2, 0.25) is 0 Å². The molecule has 3 N–H and O–H groups in total. The summed E-state index contributed by atoms with van der Waals surface area (Å²) in [7, 11) is 1.60. The summed E-state index contributed by atoms with van der Waals surface area (Å²) in [5, 5.41) is 11.6. The van der Waals surface area contributed by atoms with Gasteiger partial charge in [0, 0.05) is 11.3 Å². The van der Waals surface area contributed by atoms with Gasteiger partial charge in [-0.2, -0.15) is 0 Å². The Kier molecular flexibility index (Phi) is 5.66. The number of thioether (sulfide) groups is 1. The van der Waals surface area contributed by atoms with E-state index in [9.17, 15) is 4.79 Å². The van der Waals surface area contributed by atoms with Crippen LogP contribution < -0.4 is 15.9 Å². The molecular formula is C19H21N5O2S. The van der Waals surface area contributed by atoms with Gasteiger partial charge in [0.2, 0.25) is 11.1 Å². The molecule has 0 spiro atoms. The fourth-order valence-corrected chi connectivity index (χ4v) is 3.18. The van der Waals surface area contributed by atoms with Gasteiger partial charge in [-0.1, -0.05) is 36.0 Å². The zero-order valence-corrected chi connectivity index (χ0v) is 16.2. The number of nitrogen functional groups attached to an aromatic ring is 1.